The van der Waals surface area contributed by atoms with Crippen LogP contribution in [0.3, 0.4) is 0 Å². The molecule has 1 rings (SSSR count). The minimum absolute atomic E-state index is 0.320. The molecule has 0 saturated heterocycles. The highest BCUT2D eigenvalue weighted by atomic mass is 16.5. The Hall–Kier alpha value is -2.04. The van der Waals surface area contributed by atoms with Gasteiger partial charge in [-0.2, -0.15) is 0 Å². The Morgan fingerprint density at radius 1 is 1.39 bits per heavy atom. The molecule has 0 aliphatic heterocycles. The number of hydrogen-bond acceptors (Lipinski definition) is 3. The first kappa shape index (κ1) is 14.0. The summed E-state index contributed by atoms with van der Waals surface area (Å²) < 4.78 is 5.18. The van der Waals surface area contributed by atoms with E-state index in [1.165, 1.54) is 11.8 Å². The van der Waals surface area contributed by atoms with Crippen molar-refractivity contribution in [2.75, 3.05) is 14.2 Å². The van der Waals surface area contributed by atoms with Crippen LogP contribution in [0.1, 0.15) is 12.5 Å². The lowest BCUT2D eigenvalue weighted by atomic mass is 10.1. The molecule has 0 saturated carbocycles. The lowest BCUT2D eigenvalue weighted by Gasteiger charge is -2.20. The van der Waals surface area contributed by atoms with Gasteiger partial charge in [0.1, 0.15) is 11.7 Å². The van der Waals surface area contributed by atoms with Crippen LogP contribution in [0.4, 0.5) is 0 Å². The molecule has 1 aromatic rings. The zero-order valence-corrected chi connectivity index (χ0v) is 10.7. The standard InChI is InChI=1S/C13H17NO4/c1-9(13(16)17)12(15)14(2)8-10-6-4-5-7-11(10)18-3/h4-7,9H,8H2,1-3H3,(H,16,17). The maximum absolute atomic E-state index is 11.8. The molecule has 0 heterocycles. The number of ether oxygens (including phenoxy) is 1. The Balaban J connectivity index is 2.78. The van der Waals surface area contributed by atoms with E-state index in [4.69, 9.17) is 9.84 Å². The summed E-state index contributed by atoms with van der Waals surface area (Å²) in [5, 5.41) is 8.80. The molecule has 0 bridgehead atoms. The van der Waals surface area contributed by atoms with Gasteiger partial charge < -0.3 is 14.7 Å². The number of carboxylic acid groups (broad SMARTS) is 1. The van der Waals surface area contributed by atoms with Crippen LogP contribution >= 0.6 is 0 Å². The average molecular weight is 251 g/mol. The Labute approximate surface area is 106 Å². The van der Waals surface area contributed by atoms with Crippen LogP contribution in [0.5, 0.6) is 5.75 Å². The monoisotopic (exact) mass is 251 g/mol. The summed E-state index contributed by atoms with van der Waals surface area (Å²) in [5.74, 6) is -1.90. The van der Waals surface area contributed by atoms with Crippen molar-refractivity contribution in [2.24, 2.45) is 5.92 Å². The molecule has 0 fully saturated rings. The highest BCUT2D eigenvalue weighted by Crippen LogP contribution is 2.19. The summed E-state index contributed by atoms with van der Waals surface area (Å²) >= 11 is 0. The second-order valence-corrected chi connectivity index (χ2v) is 4.07. The fourth-order valence-electron chi connectivity index (χ4n) is 1.60. The molecule has 1 N–H and O–H groups in total. The van der Waals surface area contributed by atoms with Crippen molar-refractivity contribution in [3.63, 3.8) is 0 Å². The van der Waals surface area contributed by atoms with Crippen LogP contribution in [-0.4, -0.2) is 36.0 Å². The van der Waals surface area contributed by atoms with Crippen molar-refractivity contribution >= 4 is 11.9 Å². The van der Waals surface area contributed by atoms with Crippen LogP contribution in [0.15, 0.2) is 24.3 Å². The highest BCUT2D eigenvalue weighted by Gasteiger charge is 2.24. The molecule has 0 spiro atoms. The normalized spacial score (nSPS) is 11.7. The number of carbonyl (C=O) groups excluding carboxylic acids is 1. The van der Waals surface area contributed by atoms with E-state index in [1.54, 1.807) is 20.2 Å². The molecule has 1 amide bonds. The lowest BCUT2D eigenvalue weighted by molar-refractivity contribution is -0.149. The fourth-order valence-corrected chi connectivity index (χ4v) is 1.60. The molecule has 1 atom stereocenters. The second-order valence-electron chi connectivity index (χ2n) is 4.07. The van der Waals surface area contributed by atoms with Crippen molar-refractivity contribution in [1.82, 2.24) is 4.90 Å². The Kier molecular flexibility index (Phi) is 4.71. The largest absolute Gasteiger partial charge is 0.496 e. The van der Waals surface area contributed by atoms with Gasteiger partial charge in [-0.15, -0.1) is 0 Å². The molecule has 0 aliphatic carbocycles. The van der Waals surface area contributed by atoms with Crippen molar-refractivity contribution in [2.45, 2.75) is 13.5 Å². The number of benzene rings is 1. The summed E-state index contributed by atoms with van der Waals surface area (Å²) in [6.07, 6.45) is 0. The van der Waals surface area contributed by atoms with Crippen molar-refractivity contribution in [1.29, 1.82) is 0 Å². The molecule has 1 aromatic carbocycles. The van der Waals surface area contributed by atoms with E-state index >= 15 is 0 Å². The maximum Gasteiger partial charge on any atom is 0.315 e. The predicted octanol–water partition coefficient (Wildman–Crippen LogP) is 1.37. The number of carbonyl (C=O) groups is 2. The van der Waals surface area contributed by atoms with Crippen LogP contribution in [0, 0.1) is 5.92 Å². The maximum atomic E-state index is 11.8. The van der Waals surface area contributed by atoms with Gasteiger partial charge in [0.15, 0.2) is 0 Å². The van der Waals surface area contributed by atoms with Gasteiger partial charge in [-0.1, -0.05) is 18.2 Å². The van der Waals surface area contributed by atoms with E-state index in [2.05, 4.69) is 0 Å². The third-order valence-corrected chi connectivity index (χ3v) is 2.72. The zero-order valence-electron chi connectivity index (χ0n) is 10.7. The lowest BCUT2D eigenvalue weighted by Crippen LogP contribution is -2.35. The van der Waals surface area contributed by atoms with E-state index in [0.717, 1.165) is 5.56 Å². The number of para-hydroxylation sites is 1. The molecule has 0 aromatic heterocycles. The third kappa shape index (κ3) is 3.23. The number of aliphatic carboxylic acids is 1. The molecule has 0 aliphatic rings. The number of rotatable bonds is 5. The van der Waals surface area contributed by atoms with E-state index in [-0.39, 0.29) is 0 Å². The predicted molar refractivity (Wildman–Crippen MR) is 66.3 cm³/mol. The number of amides is 1. The minimum Gasteiger partial charge on any atom is -0.496 e. The first-order valence-corrected chi connectivity index (χ1v) is 5.57. The summed E-state index contributed by atoms with van der Waals surface area (Å²) in [7, 11) is 3.13. The zero-order chi connectivity index (χ0) is 13.7. The van der Waals surface area contributed by atoms with Crippen LogP contribution in [0.2, 0.25) is 0 Å². The SMILES string of the molecule is COc1ccccc1CN(C)C(=O)C(C)C(=O)O. The first-order valence-electron chi connectivity index (χ1n) is 5.57. The van der Waals surface area contributed by atoms with E-state index in [1.807, 2.05) is 18.2 Å². The van der Waals surface area contributed by atoms with Crippen molar-refractivity contribution < 1.29 is 19.4 Å². The minimum atomic E-state index is -1.12. The molecule has 5 nitrogen and oxygen atoms in total. The van der Waals surface area contributed by atoms with Crippen LogP contribution < -0.4 is 4.74 Å². The number of hydrogen-bond donors (Lipinski definition) is 1. The average Bonchev–Trinajstić information content (AvgIpc) is 2.37. The molecular weight excluding hydrogens is 234 g/mol. The van der Waals surface area contributed by atoms with E-state index < -0.39 is 17.8 Å². The van der Waals surface area contributed by atoms with Gasteiger partial charge >= 0.3 is 5.97 Å². The Bertz CT molecular complexity index is 444. The summed E-state index contributed by atoms with van der Waals surface area (Å²) in [6, 6.07) is 7.32. The molecule has 1 unspecified atom stereocenters. The van der Waals surface area contributed by atoms with E-state index in [9.17, 15) is 9.59 Å². The highest BCUT2D eigenvalue weighted by molar-refractivity contribution is 5.96. The fraction of sp³-hybridized carbons (Fsp3) is 0.385. The summed E-state index contributed by atoms with van der Waals surface area (Å²) in [5.41, 5.74) is 0.841. The van der Waals surface area contributed by atoms with Crippen LogP contribution in [-0.2, 0) is 16.1 Å². The van der Waals surface area contributed by atoms with Gasteiger partial charge in [0.25, 0.3) is 0 Å². The molecule has 0 radical (unpaired) electrons. The summed E-state index contributed by atoms with van der Waals surface area (Å²) in [4.78, 5) is 23.9. The molecule has 18 heavy (non-hydrogen) atoms. The number of methoxy groups -OCH3 is 1. The molecule has 98 valence electrons. The topological polar surface area (TPSA) is 66.8 Å². The smallest absolute Gasteiger partial charge is 0.315 e. The Morgan fingerprint density at radius 3 is 2.56 bits per heavy atom. The van der Waals surface area contributed by atoms with Gasteiger partial charge in [-0.05, 0) is 13.0 Å². The van der Waals surface area contributed by atoms with Gasteiger partial charge in [0.2, 0.25) is 5.91 Å². The van der Waals surface area contributed by atoms with Crippen LogP contribution in [0.25, 0.3) is 0 Å². The molecule has 5 heteroatoms. The van der Waals surface area contributed by atoms with Crippen molar-refractivity contribution in [3.8, 4) is 5.75 Å². The molecular formula is C13H17NO4. The second kappa shape index (κ2) is 6.05. The first-order chi connectivity index (χ1) is 8.47. The van der Waals surface area contributed by atoms with Gasteiger partial charge in [-0.25, -0.2) is 0 Å². The third-order valence-electron chi connectivity index (χ3n) is 2.72. The quantitative estimate of drug-likeness (QED) is 0.803. The summed E-state index contributed by atoms with van der Waals surface area (Å²) in [6.45, 7) is 1.70. The van der Waals surface area contributed by atoms with Gasteiger partial charge in [-0.3, -0.25) is 9.59 Å². The van der Waals surface area contributed by atoms with Gasteiger partial charge in [0, 0.05) is 19.2 Å². The van der Waals surface area contributed by atoms with E-state index in [0.29, 0.717) is 12.3 Å². The number of carboxylic acids is 1. The number of nitrogens with zero attached hydrogens (tertiary/aromatic N) is 1. The van der Waals surface area contributed by atoms with Crippen molar-refractivity contribution in [3.05, 3.63) is 29.8 Å². The van der Waals surface area contributed by atoms with Gasteiger partial charge in [0.05, 0.1) is 7.11 Å². The Morgan fingerprint density at radius 2 is 2.00 bits per heavy atom.